The molecule has 1 saturated carbocycles. The van der Waals surface area contributed by atoms with Crippen molar-refractivity contribution in [2.75, 3.05) is 55.6 Å². The van der Waals surface area contributed by atoms with Crippen molar-refractivity contribution in [1.82, 2.24) is 34.8 Å². The summed E-state index contributed by atoms with van der Waals surface area (Å²) >= 11 is 0. The number of benzene rings is 2. The van der Waals surface area contributed by atoms with E-state index in [-0.39, 0.29) is 0 Å². The number of hydrogen-bond donors (Lipinski definition) is 3. The van der Waals surface area contributed by atoms with Gasteiger partial charge in [-0.15, -0.1) is 0 Å². The molecule has 1 aliphatic carbocycles. The number of H-pyrrole nitrogens is 2. The van der Waals surface area contributed by atoms with Crippen molar-refractivity contribution in [3.63, 3.8) is 0 Å². The first-order valence-electron chi connectivity index (χ1n) is 23.3. The molecule has 0 atom stereocenters. The number of aryl methyl sites for hydroxylation is 4. The van der Waals surface area contributed by atoms with E-state index in [1.807, 2.05) is 12.4 Å². The summed E-state index contributed by atoms with van der Waals surface area (Å²) < 4.78 is 0. The molecule has 2 aliphatic heterocycles. The minimum absolute atomic E-state index is 0.309. The fourth-order valence-electron chi connectivity index (χ4n) is 10.3. The Bertz CT molecular complexity index is 2980. The van der Waals surface area contributed by atoms with Gasteiger partial charge in [0.15, 0.2) is 0 Å². The highest BCUT2D eigenvalue weighted by Gasteiger charge is 2.30. The molecular weight excluding hydrogens is 789 g/mol. The molecule has 3 aliphatic rings. The summed E-state index contributed by atoms with van der Waals surface area (Å²) in [5.41, 5.74) is 25.0. The van der Waals surface area contributed by atoms with Gasteiger partial charge in [-0.25, -0.2) is 9.97 Å². The lowest BCUT2D eigenvalue weighted by Crippen LogP contribution is -2.47. The molecule has 0 spiro atoms. The molecule has 11 rings (SSSR count). The van der Waals surface area contributed by atoms with E-state index in [4.69, 9.17) is 20.7 Å². The molecule has 3 fully saturated rings. The van der Waals surface area contributed by atoms with Crippen LogP contribution in [0.1, 0.15) is 65.5 Å². The van der Waals surface area contributed by atoms with Gasteiger partial charge in [0.1, 0.15) is 11.6 Å². The molecule has 324 valence electrons. The van der Waals surface area contributed by atoms with Crippen LogP contribution in [0.25, 0.3) is 66.6 Å². The normalized spacial score (nSPS) is 16.4. The summed E-state index contributed by atoms with van der Waals surface area (Å²) in [5.74, 6) is 2.68. The van der Waals surface area contributed by atoms with Gasteiger partial charge in [-0.3, -0.25) is 14.9 Å². The van der Waals surface area contributed by atoms with E-state index < -0.39 is 0 Å². The van der Waals surface area contributed by atoms with Crippen LogP contribution in [-0.4, -0.2) is 86.7 Å². The van der Waals surface area contributed by atoms with Crippen LogP contribution in [0.15, 0.2) is 97.3 Å². The lowest BCUT2D eigenvalue weighted by atomic mass is 9.99. The minimum Gasteiger partial charge on any atom is -0.357 e. The number of nitrogens with one attached hydrogen (secondary N) is 2. The van der Waals surface area contributed by atoms with Crippen LogP contribution >= 0.6 is 0 Å². The summed E-state index contributed by atoms with van der Waals surface area (Å²) in [4.78, 5) is 34.4. The van der Waals surface area contributed by atoms with E-state index >= 15 is 0 Å². The van der Waals surface area contributed by atoms with E-state index in [1.165, 1.54) is 73.8 Å². The molecule has 6 aromatic heterocycles. The molecule has 4 N–H and O–H groups in total. The van der Waals surface area contributed by atoms with Crippen LogP contribution in [-0.2, 0) is 6.42 Å². The zero-order chi connectivity index (χ0) is 43.5. The summed E-state index contributed by atoms with van der Waals surface area (Å²) in [5, 5.41) is 2.58. The SMILES string of the molecule is Cc1cc(-c2[nH]c3cc(-c4ccnc(N5CCN(CCc6cc(-c7[nH]c8cc(-c9ccc(N%10CCC(N)CC%10)nc9)ccc8c7C7CC7)cc(C)n6)CC5)c4)ccc3c2C)cc(C)n1. The Kier molecular flexibility index (Phi) is 10.5. The average Bonchev–Trinajstić information content (AvgIpc) is 4.00. The summed E-state index contributed by atoms with van der Waals surface area (Å²) in [7, 11) is 0. The highest BCUT2D eigenvalue weighted by molar-refractivity contribution is 5.95. The highest BCUT2D eigenvalue weighted by atomic mass is 15.3. The summed E-state index contributed by atoms with van der Waals surface area (Å²) in [6.07, 6.45) is 9.43. The molecule has 0 unspecified atom stereocenters. The van der Waals surface area contributed by atoms with E-state index in [0.29, 0.717) is 12.0 Å². The van der Waals surface area contributed by atoms with Crippen molar-refractivity contribution in [2.24, 2.45) is 5.73 Å². The number of aromatic amines is 2. The molecular formula is C54H58N10. The van der Waals surface area contributed by atoms with Crippen LogP contribution in [0.5, 0.6) is 0 Å². The van der Waals surface area contributed by atoms with Gasteiger partial charge < -0.3 is 25.5 Å². The van der Waals surface area contributed by atoms with Crippen molar-refractivity contribution >= 4 is 33.4 Å². The lowest BCUT2D eigenvalue weighted by Gasteiger charge is -2.35. The van der Waals surface area contributed by atoms with Gasteiger partial charge >= 0.3 is 0 Å². The molecule has 2 aromatic carbocycles. The second kappa shape index (κ2) is 16.6. The Morgan fingerprint density at radius 1 is 0.562 bits per heavy atom. The van der Waals surface area contributed by atoms with Crippen LogP contribution < -0.4 is 15.5 Å². The smallest absolute Gasteiger partial charge is 0.129 e. The number of rotatable bonds is 10. The maximum Gasteiger partial charge on any atom is 0.129 e. The number of piperazine rings is 1. The van der Waals surface area contributed by atoms with Gasteiger partial charge in [-0.05, 0) is 148 Å². The van der Waals surface area contributed by atoms with Crippen molar-refractivity contribution in [1.29, 1.82) is 0 Å². The Morgan fingerprint density at radius 2 is 1.19 bits per heavy atom. The molecule has 2 saturated heterocycles. The van der Waals surface area contributed by atoms with Crippen LogP contribution in [0.2, 0.25) is 0 Å². The zero-order valence-electron chi connectivity index (χ0n) is 37.6. The molecule has 10 nitrogen and oxygen atoms in total. The number of pyridine rings is 4. The van der Waals surface area contributed by atoms with Crippen molar-refractivity contribution in [2.45, 2.75) is 71.8 Å². The number of aromatic nitrogens is 6. The van der Waals surface area contributed by atoms with E-state index in [2.05, 4.69) is 142 Å². The predicted molar refractivity (Wildman–Crippen MR) is 262 cm³/mol. The Balaban J connectivity index is 0.755. The summed E-state index contributed by atoms with van der Waals surface area (Å²) in [6, 6.07) is 31.6. The standard InChI is InChI=1S/C54H58N10/c1-33-25-42(26-34(2)58-33)53-36(4)46-10-7-38(29-48(46)60-53)40-13-17-56-51(31-40)64-23-21-62(22-24-64)18-16-45-28-43(27-35(3)59-45)54-52(37-5-6-37)47-11-8-39(30-49(47)61-54)41-9-12-50(57-32-41)63-19-14-44(55)15-20-63/h7-13,17,25-32,37,44,60-61H,5-6,14-16,18-24,55H2,1-4H3. The number of nitrogens with zero attached hydrogens (tertiary/aromatic N) is 7. The number of nitrogens with two attached hydrogens (primary N) is 1. The molecule has 10 heteroatoms. The van der Waals surface area contributed by atoms with Gasteiger partial charge in [0.05, 0.1) is 5.69 Å². The average molecular weight is 847 g/mol. The third-order valence-corrected chi connectivity index (χ3v) is 14.0. The molecule has 8 aromatic rings. The molecule has 0 bridgehead atoms. The topological polar surface area (TPSA) is 119 Å². The van der Waals surface area contributed by atoms with Crippen LogP contribution in [0.4, 0.5) is 11.6 Å². The van der Waals surface area contributed by atoms with Gasteiger partial charge in [0.25, 0.3) is 0 Å². The second-order valence-corrected chi connectivity index (χ2v) is 18.7. The second-order valence-electron chi connectivity index (χ2n) is 18.7. The fraction of sp³-hybridized carbons (Fsp3) is 0.333. The number of hydrogen-bond acceptors (Lipinski definition) is 8. The fourth-order valence-corrected chi connectivity index (χ4v) is 10.3. The first-order valence-corrected chi connectivity index (χ1v) is 23.3. The zero-order valence-corrected chi connectivity index (χ0v) is 37.6. The van der Waals surface area contributed by atoms with E-state index in [1.54, 1.807) is 0 Å². The van der Waals surface area contributed by atoms with Crippen LogP contribution in [0.3, 0.4) is 0 Å². The molecule has 8 heterocycles. The number of piperidine rings is 1. The third kappa shape index (κ3) is 8.05. The molecule has 0 radical (unpaired) electrons. The van der Waals surface area contributed by atoms with Gasteiger partial charge in [-0.2, -0.15) is 0 Å². The number of fused-ring (bicyclic) bond motifs is 2. The highest BCUT2D eigenvalue weighted by Crippen LogP contribution is 2.48. The Hall–Kier alpha value is -6.36. The maximum atomic E-state index is 6.15. The molecule has 0 amide bonds. The van der Waals surface area contributed by atoms with Gasteiger partial charge in [-0.1, -0.05) is 24.3 Å². The Morgan fingerprint density at radius 3 is 1.91 bits per heavy atom. The first-order chi connectivity index (χ1) is 31.2. The maximum absolute atomic E-state index is 6.15. The van der Waals surface area contributed by atoms with Crippen molar-refractivity contribution in [3.8, 4) is 44.8 Å². The third-order valence-electron chi connectivity index (χ3n) is 14.0. The lowest BCUT2D eigenvalue weighted by molar-refractivity contribution is 0.259. The minimum atomic E-state index is 0.309. The number of anilines is 2. The monoisotopic (exact) mass is 846 g/mol. The predicted octanol–water partition coefficient (Wildman–Crippen LogP) is 10.3. The molecule has 64 heavy (non-hydrogen) atoms. The van der Waals surface area contributed by atoms with E-state index in [9.17, 15) is 0 Å². The van der Waals surface area contributed by atoms with Gasteiger partial charge in [0, 0.05) is 138 Å². The van der Waals surface area contributed by atoms with Gasteiger partial charge in [0.2, 0.25) is 0 Å². The van der Waals surface area contributed by atoms with Crippen molar-refractivity contribution < 1.29 is 0 Å². The van der Waals surface area contributed by atoms with E-state index in [0.717, 1.165) is 116 Å². The quantitative estimate of drug-likeness (QED) is 0.125. The van der Waals surface area contributed by atoms with Crippen molar-refractivity contribution in [3.05, 3.63) is 131 Å². The summed E-state index contributed by atoms with van der Waals surface area (Å²) in [6.45, 7) is 15.3. The largest absolute Gasteiger partial charge is 0.357 e. The van der Waals surface area contributed by atoms with Crippen LogP contribution in [0, 0.1) is 27.7 Å². The Labute approximate surface area is 376 Å². The first kappa shape index (κ1) is 40.4.